The molecule has 36 heavy (non-hydrogen) atoms. The maximum Gasteiger partial charge on any atom is 0.253 e. The topological polar surface area (TPSA) is 96.6 Å². The van der Waals surface area contributed by atoms with Crippen molar-refractivity contribution < 1.29 is 17.6 Å². The van der Waals surface area contributed by atoms with Crippen LogP contribution in [0.1, 0.15) is 15.9 Å². The predicted octanol–water partition coefficient (Wildman–Crippen LogP) is 4.62. The number of amides is 1. The molecule has 1 aromatic heterocycles. The Morgan fingerprint density at radius 3 is 1.89 bits per heavy atom. The molecule has 5 rings (SSSR count). The maximum absolute atomic E-state index is 13.0. The van der Waals surface area contributed by atoms with Gasteiger partial charge in [-0.2, -0.15) is 4.31 Å². The molecule has 0 unspecified atom stereocenters. The number of hydrogen-bond acceptors (Lipinski definition) is 6. The number of benzene rings is 3. The van der Waals surface area contributed by atoms with Crippen molar-refractivity contribution in [3.63, 3.8) is 0 Å². The summed E-state index contributed by atoms with van der Waals surface area (Å²) in [4.78, 5) is 14.9. The molecular weight excluding hydrogens is 544 g/mol. The first kappa shape index (κ1) is 24.4. The average molecular weight is 567 g/mol. The van der Waals surface area contributed by atoms with Crippen molar-refractivity contribution >= 4 is 31.9 Å². The van der Waals surface area contributed by atoms with E-state index in [4.69, 9.17) is 4.42 Å². The Morgan fingerprint density at radius 1 is 0.806 bits per heavy atom. The number of piperazine rings is 1. The molecule has 4 aromatic rings. The fourth-order valence-electron chi connectivity index (χ4n) is 3.98. The molecule has 1 aliphatic rings. The van der Waals surface area contributed by atoms with Gasteiger partial charge >= 0.3 is 0 Å². The molecule has 1 fully saturated rings. The van der Waals surface area contributed by atoms with Crippen molar-refractivity contribution in [2.45, 2.75) is 11.8 Å². The first-order chi connectivity index (χ1) is 17.3. The van der Waals surface area contributed by atoms with E-state index in [0.29, 0.717) is 36.0 Å². The Labute approximate surface area is 217 Å². The summed E-state index contributed by atoms with van der Waals surface area (Å²) in [6.45, 7) is 3.13. The van der Waals surface area contributed by atoms with Gasteiger partial charge in [0.15, 0.2) is 0 Å². The smallest absolute Gasteiger partial charge is 0.253 e. The van der Waals surface area contributed by atoms with Gasteiger partial charge in [0.2, 0.25) is 21.8 Å². The summed E-state index contributed by atoms with van der Waals surface area (Å²) in [5.74, 6) is 0.658. The number of carbonyl (C=O) groups is 1. The fraction of sp³-hybridized carbons (Fsp3) is 0.192. The van der Waals surface area contributed by atoms with Crippen LogP contribution >= 0.6 is 15.9 Å². The minimum Gasteiger partial charge on any atom is -0.416 e. The van der Waals surface area contributed by atoms with Gasteiger partial charge in [-0.1, -0.05) is 33.6 Å². The number of aromatic nitrogens is 2. The van der Waals surface area contributed by atoms with E-state index < -0.39 is 10.0 Å². The molecule has 0 saturated carbocycles. The lowest BCUT2D eigenvalue weighted by atomic mass is 10.1. The predicted molar refractivity (Wildman–Crippen MR) is 139 cm³/mol. The fourth-order valence-corrected chi connectivity index (χ4v) is 5.66. The number of aryl methyl sites for hydroxylation is 1. The van der Waals surface area contributed by atoms with E-state index in [1.165, 1.54) is 4.31 Å². The van der Waals surface area contributed by atoms with Crippen molar-refractivity contribution in [3.8, 4) is 22.9 Å². The summed E-state index contributed by atoms with van der Waals surface area (Å²) in [5.41, 5.74) is 3.21. The van der Waals surface area contributed by atoms with Gasteiger partial charge in [-0.3, -0.25) is 4.79 Å². The monoisotopic (exact) mass is 566 g/mol. The highest BCUT2D eigenvalue weighted by Gasteiger charge is 2.30. The summed E-state index contributed by atoms with van der Waals surface area (Å²) < 4.78 is 33.9. The number of hydrogen-bond donors (Lipinski definition) is 0. The van der Waals surface area contributed by atoms with Crippen LogP contribution in [0.5, 0.6) is 0 Å². The second-order valence-electron chi connectivity index (χ2n) is 8.51. The SMILES string of the molecule is Cc1ccc(-c2nnc(-c3ccc(C(=O)N4CCN(S(=O)(=O)c5ccc(Br)cc5)CC4)cc3)o2)cc1. The second-order valence-corrected chi connectivity index (χ2v) is 11.4. The Kier molecular flexibility index (Phi) is 6.74. The largest absolute Gasteiger partial charge is 0.416 e. The van der Waals surface area contributed by atoms with E-state index in [0.717, 1.165) is 15.6 Å². The highest BCUT2D eigenvalue weighted by molar-refractivity contribution is 9.10. The minimum absolute atomic E-state index is 0.145. The Bertz CT molecular complexity index is 1480. The van der Waals surface area contributed by atoms with Crippen LogP contribution in [0.15, 0.2) is 86.6 Å². The molecule has 0 radical (unpaired) electrons. The van der Waals surface area contributed by atoms with E-state index in [-0.39, 0.29) is 23.9 Å². The molecule has 0 spiro atoms. The second kappa shape index (κ2) is 9.96. The molecule has 184 valence electrons. The van der Waals surface area contributed by atoms with Crippen LogP contribution in [-0.4, -0.2) is 59.9 Å². The molecule has 1 aliphatic heterocycles. The lowest BCUT2D eigenvalue weighted by molar-refractivity contribution is 0.0698. The summed E-state index contributed by atoms with van der Waals surface area (Å²) in [6, 6.07) is 21.4. The van der Waals surface area contributed by atoms with Gasteiger partial charge in [0.05, 0.1) is 4.90 Å². The number of nitrogens with zero attached hydrogens (tertiary/aromatic N) is 4. The molecule has 0 atom stereocenters. The summed E-state index contributed by atoms with van der Waals surface area (Å²) >= 11 is 3.32. The highest BCUT2D eigenvalue weighted by Crippen LogP contribution is 2.25. The number of rotatable bonds is 5. The zero-order valence-corrected chi connectivity index (χ0v) is 21.9. The molecule has 8 nitrogen and oxygen atoms in total. The van der Waals surface area contributed by atoms with Crippen LogP contribution < -0.4 is 0 Å². The van der Waals surface area contributed by atoms with Crippen molar-refractivity contribution in [2.75, 3.05) is 26.2 Å². The zero-order chi connectivity index (χ0) is 25.3. The third-order valence-corrected chi connectivity index (χ3v) is 8.52. The van der Waals surface area contributed by atoms with Crippen LogP contribution in [0, 0.1) is 6.92 Å². The summed E-state index contributed by atoms with van der Waals surface area (Å²) in [5, 5.41) is 8.26. The molecule has 0 aliphatic carbocycles. The third-order valence-electron chi connectivity index (χ3n) is 6.08. The Morgan fingerprint density at radius 2 is 1.33 bits per heavy atom. The van der Waals surface area contributed by atoms with Crippen molar-refractivity contribution in [1.82, 2.24) is 19.4 Å². The normalized spacial score (nSPS) is 14.7. The minimum atomic E-state index is -3.60. The van der Waals surface area contributed by atoms with Gasteiger partial charge in [0.25, 0.3) is 5.91 Å². The maximum atomic E-state index is 13.0. The highest BCUT2D eigenvalue weighted by atomic mass is 79.9. The van der Waals surface area contributed by atoms with Crippen molar-refractivity contribution in [2.24, 2.45) is 0 Å². The van der Waals surface area contributed by atoms with Gasteiger partial charge in [0.1, 0.15) is 0 Å². The van der Waals surface area contributed by atoms with Gasteiger partial charge in [0, 0.05) is 47.3 Å². The van der Waals surface area contributed by atoms with Crippen LogP contribution in [0.25, 0.3) is 22.9 Å². The average Bonchev–Trinajstić information content (AvgIpc) is 3.39. The number of sulfonamides is 1. The van der Waals surface area contributed by atoms with Crippen LogP contribution in [0.4, 0.5) is 0 Å². The van der Waals surface area contributed by atoms with E-state index in [2.05, 4.69) is 26.1 Å². The van der Waals surface area contributed by atoms with Gasteiger partial charge < -0.3 is 9.32 Å². The van der Waals surface area contributed by atoms with Crippen LogP contribution in [0.2, 0.25) is 0 Å². The van der Waals surface area contributed by atoms with E-state index in [9.17, 15) is 13.2 Å². The Balaban J connectivity index is 1.23. The molecule has 0 N–H and O–H groups in total. The first-order valence-corrected chi connectivity index (χ1v) is 13.6. The zero-order valence-electron chi connectivity index (χ0n) is 19.5. The third kappa shape index (κ3) is 4.97. The lowest BCUT2D eigenvalue weighted by Gasteiger charge is -2.34. The summed E-state index contributed by atoms with van der Waals surface area (Å²) in [6.07, 6.45) is 0. The molecular formula is C26H23BrN4O4S. The molecule has 0 bridgehead atoms. The van der Waals surface area contributed by atoms with Crippen LogP contribution in [0.3, 0.4) is 0 Å². The van der Waals surface area contributed by atoms with Gasteiger partial charge in [-0.05, 0) is 67.6 Å². The van der Waals surface area contributed by atoms with Crippen molar-refractivity contribution in [1.29, 1.82) is 0 Å². The van der Waals surface area contributed by atoms with E-state index >= 15 is 0 Å². The van der Waals surface area contributed by atoms with Gasteiger partial charge in [-0.25, -0.2) is 8.42 Å². The summed E-state index contributed by atoms with van der Waals surface area (Å²) in [7, 11) is -3.60. The first-order valence-electron chi connectivity index (χ1n) is 11.4. The molecule has 2 heterocycles. The molecule has 1 amide bonds. The van der Waals surface area contributed by atoms with Gasteiger partial charge in [-0.15, -0.1) is 10.2 Å². The molecule has 3 aromatic carbocycles. The van der Waals surface area contributed by atoms with Crippen LogP contribution in [-0.2, 0) is 10.0 Å². The quantitative estimate of drug-likeness (QED) is 0.349. The Hall–Kier alpha value is -3.34. The van der Waals surface area contributed by atoms with E-state index in [1.54, 1.807) is 53.4 Å². The molecule has 1 saturated heterocycles. The van der Waals surface area contributed by atoms with Crippen molar-refractivity contribution in [3.05, 3.63) is 88.4 Å². The number of carbonyl (C=O) groups excluding carboxylic acids is 1. The standard InChI is InChI=1S/C26H23BrN4O4S/c1-18-2-4-19(5-3-18)24-28-29-25(35-24)20-6-8-21(9-7-20)26(32)30-14-16-31(17-15-30)36(33,34)23-12-10-22(27)11-13-23/h2-13H,14-17H2,1H3. The number of halogens is 1. The van der Waals surface area contributed by atoms with E-state index in [1.807, 2.05) is 31.2 Å². The lowest BCUT2D eigenvalue weighted by Crippen LogP contribution is -2.50. The molecule has 10 heteroatoms.